The smallest absolute Gasteiger partial charge is 0.335 e. The summed E-state index contributed by atoms with van der Waals surface area (Å²) in [6.07, 6.45) is 0. The molecule has 0 amide bonds. The molecule has 2 aromatic carbocycles. The highest BCUT2D eigenvalue weighted by Gasteiger charge is 2.02. The molecule has 2 nitrogen and oxygen atoms in total. The summed E-state index contributed by atoms with van der Waals surface area (Å²) >= 11 is 4.21. The summed E-state index contributed by atoms with van der Waals surface area (Å²) in [4.78, 5) is 11.6. The summed E-state index contributed by atoms with van der Waals surface area (Å²) in [6.45, 7) is 0. The maximum atomic E-state index is 10.7. The fourth-order valence-corrected chi connectivity index (χ4v) is 1.58. The molecule has 0 saturated heterocycles. The van der Waals surface area contributed by atoms with E-state index in [2.05, 4.69) is 12.6 Å². The van der Waals surface area contributed by atoms with Gasteiger partial charge in [0.15, 0.2) is 0 Å². The largest absolute Gasteiger partial charge is 0.478 e. The van der Waals surface area contributed by atoms with Gasteiger partial charge in [0.25, 0.3) is 0 Å². The van der Waals surface area contributed by atoms with Crippen molar-refractivity contribution >= 4 is 29.4 Å². The molecule has 2 aromatic rings. The second kappa shape index (κ2) is 3.35. The molecule has 14 heavy (non-hydrogen) atoms. The van der Waals surface area contributed by atoms with Crippen molar-refractivity contribution in [3.05, 3.63) is 42.0 Å². The second-order valence-electron chi connectivity index (χ2n) is 3.05. The van der Waals surface area contributed by atoms with Crippen molar-refractivity contribution in [1.82, 2.24) is 0 Å². The molecule has 2 rings (SSSR count). The number of hydrogen-bond acceptors (Lipinski definition) is 2. The van der Waals surface area contributed by atoms with Gasteiger partial charge >= 0.3 is 5.97 Å². The lowest BCUT2D eigenvalue weighted by molar-refractivity contribution is 0.0697. The zero-order valence-electron chi connectivity index (χ0n) is 7.27. The van der Waals surface area contributed by atoms with Crippen LogP contribution in [0.3, 0.4) is 0 Å². The van der Waals surface area contributed by atoms with E-state index in [4.69, 9.17) is 5.11 Å². The Labute approximate surface area is 86.6 Å². The molecule has 0 bridgehead atoms. The molecule has 0 spiro atoms. The Morgan fingerprint density at radius 1 is 1.07 bits per heavy atom. The number of fused-ring (bicyclic) bond motifs is 1. The minimum atomic E-state index is -0.901. The molecule has 70 valence electrons. The number of thiol groups is 1. The molecule has 0 aliphatic carbocycles. The van der Waals surface area contributed by atoms with Crippen LogP contribution in [0.5, 0.6) is 0 Å². The molecule has 0 fully saturated rings. The van der Waals surface area contributed by atoms with Gasteiger partial charge in [-0.15, -0.1) is 12.6 Å². The summed E-state index contributed by atoms with van der Waals surface area (Å²) < 4.78 is 0. The van der Waals surface area contributed by atoms with Crippen LogP contribution in [0.25, 0.3) is 10.8 Å². The lowest BCUT2D eigenvalue weighted by atomic mass is 10.1. The van der Waals surface area contributed by atoms with Crippen LogP contribution in [-0.2, 0) is 0 Å². The van der Waals surface area contributed by atoms with E-state index in [0.29, 0.717) is 5.56 Å². The van der Waals surface area contributed by atoms with Gasteiger partial charge in [-0.3, -0.25) is 0 Å². The van der Waals surface area contributed by atoms with E-state index in [0.717, 1.165) is 15.7 Å². The Hall–Kier alpha value is -1.48. The number of benzene rings is 2. The van der Waals surface area contributed by atoms with Crippen LogP contribution < -0.4 is 0 Å². The van der Waals surface area contributed by atoms with E-state index in [-0.39, 0.29) is 0 Å². The summed E-state index contributed by atoms with van der Waals surface area (Å²) in [5.41, 5.74) is 0.310. The predicted octanol–water partition coefficient (Wildman–Crippen LogP) is 2.83. The highest BCUT2D eigenvalue weighted by Crippen LogP contribution is 2.19. The van der Waals surface area contributed by atoms with E-state index < -0.39 is 5.97 Å². The molecular weight excluding hydrogens is 196 g/mol. The number of aromatic carboxylic acids is 1. The van der Waals surface area contributed by atoms with Crippen LogP contribution in [0.1, 0.15) is 10.4 Å². The summed E-state index contributed by atoms with van der Waals surface area (Å²) in [5.74, 6) is -0.901. The van der Waals surface area contributed by atoms with Gasteiger partial charge in [0, 0.05) is 4.90 Å². The molecule has 0 atom stereocenters. The maximum absolute atomic E-state index is 10.7. The first-order chi connectivity index (χ1) is 6.66. The van der Waals surface area contributed by atoms with Crippen LogP contribution >= 0.6 is 12.6 Å². The van der Waals surface area contributed by atoms with Gasteiger partial charge in [-0.2, -0.15) is 0 Å². The zero-order valence-corrected chi connectivity index (χ0v) is 8.16. The standard InChI is InChI=1S/C11H8O2S/c12-11(13)9-2-1-8-6-10(14)4-3-7(8)5-9/h1-6,14H,(H,12,13). The van der Waals surface area contributed by atoms with Gasteiger partial charge in [0.1, 0.15) is 0 Å². The van der Waals surface area contributed by atoms with Gasteiger partial charge in [-0.05, 0) is 35.0 Å². The molecule has 0 aliphatic heterocycles. The monoisotopic (exact) mass is 204 g/mol. The fraction of sp³-hybridized carbons (Fsp3) is 0. The maximum Gasteiger partial charge on any atom is 0.335 e. The normalized spacial score (nSPS) is 10.4. The Bertz CT molecular complexity index is 506. The van der Waals surface area contributed by atoms with E-state index in [1.54, 1.807) is 18.2 Å². The lowest BCUT2D eigenvalue weighted by Crippen LogP contribution is -1.94. The number of carboxylic acids is 1. The van der Waals surface area contributed by atoms with Crippen molar-refractivity contribution in [3.8, 4) is 0 Å². The Morgan fingerprint density at radius 3 is 2.43 bits per heavy atom. The average molecular weight is 204 g/mol. The summed E-state index contributed by atoms with van der Waals surface area (Å²) in [5, 5.41) is 10.7. The molecule has 0 heterocycles. The number of hydrogen-bond donors (Lipinski definition) is 2. The van der Waals surface area contributed by atoms with Crippen LogP contribution in [0, 0.1) is 0 Å². The first-order valence-corrected chi connectivity index (χ1v) is 4.57. The first kappa shape index (κ1) is 9.09. The van der Waals surface area contributed by atoms with Gasteiger partial charge in [0.2, 0.25) is 0 Å². The molecule has 1 N–H and O–H groups in total. The van der Waals surface area contributed by atoms with Crippen LogP contribution in [-0.4, -0.2) is 11.1 Å². The third-order valence-electron chi connectivity index (χ3n) is 2.07. The third kappa shape index (κ3) is 1.59. The van der Waals surface area contributed by atoms with Crippen molar-refractivity contribution in [2.45, 2.75) is 4.90 Å². The molecule has 0 saturated carbocycles. The van der Waals surface area contributed by atoms with Crippen LogP contribution in [0.15, 0.2) is 41.3 Å². The molecule has 0 unspecified atom stereocenters. The number of carbonyl (C=O) groups is 1. The number of rotatable bonds is 1. The van der Waals surface area contributed by atoms with E-state index >= 15 is 0 Å². The second-order valence-corrected chi connectivity index (χ2v) is 3.57. The molecule has 3 heteroatoms. The van der Waals surface area contributed by atoms with Crippen molar-refractivity contribution in [2.75, 3.05) is 0 Å². The Balaban J connectivity index is 2.67. The number of carboxylic acid groups (broad SMARTS) is 1. The van der Waals surface area contributed by atoms with Crippen molar-refractivity contribution in [2.24, 2.45) is 0 Å². The van der Waals surface area contributed by atoms with Crippen molar-refractivity contribution in [3.63, 3.8) is 0 Å². The third-order valence-corrected chi connectivity index (χ3v) is 2.35. The topological polar surface area (TPSA) is 37.3 Å². The van der Waals surface area contributed by atoms with Crippen LogP contribution in [0.4, 0.5) is 0 Å². The molecule has 0 radical (unpaired) electrons. The quantitative estimate of drug-likeness (QED) is 0.701. The summed E-state index contributed by atoms with van der Waals surface area (Å²) in [6, 6.07) is 10.7. The van der Waals surface area contributed by atoms with E-state index in [9.17, 15) is 4.79 Å². The zero-order chi connectivity index (χ0) is 10.1. The highest BCUT2D eigenvalue weighted by molar-refractivity contribution is 7.80. The molecule has 0 aromatic heterocycles. The fourth-order valence-electron chi connectivity index (χ4n) is 1.37. The predicted molar refractivity (Wildman–Crippen MR) is 58.2 cm³/mol. The first-order valence-electron chi connectivity index (χ1n) is 4.13. The van der Waals surface area contributed by atoms with Crippen molar-refractivity contribution < 1.29 is 9.90 Å². The van der Waals surface area contributed by atoms with E-state index in [1.165, 1.54) is 0 Å². The van der Waals surface area contributed by atoms with Crippen molar-refractivity contribution in [1.29, 1.82) is 0 Å². The van der Waals surface area contributed by atoms with Gasteiger partial charge < -0.3 is 5.11 Å². The highest BCUT2D eigenvalue weighted by atomic mass is 32.1. The van der Waals surface area contributed by atoms with E-state index in [1.807, 2.05) is 18.2 Å². The van der Waals surface area contributed by atoms with Gasteiger partial charge in [-0.25, -0.2) is 4.79 Å². The van der Waals surface area contributed by atoms with Crippen LogP contribution in [0.2, 0.25) is 0 Å². The average Bonchev–Trinajstić information content (AvgIpc) is 2.16. The van der Waals surface area contributed by atoms with Gasteiger partial charge in [0.05, 0.1) is 5.56 Å². The molecular formula is C11H8O2S. The Morgan fingerprint density at radius 2 is 1.71 bits per heavy atom. The minimum Gasteiger partial charge on any atom is -0.478 e. The minimum absolute atomic E-state index is 0.310. The Kier molecular flexibility index (Phi) is 2.17. The lowest BCUT2D eigenvalue weighted by Gasteiger charge is -2.00. The summed E-state index contributed by atoms with van der Waals surface area (Å²) in [7, 11) is 0. The SMILES string of the molecule is O=C(O)c1ccc2cc(S)ccc2c1. The van der Waals surface area contributed by atoms with Gasteiger partial charge in [-0.1, -0.05) is 12.1 Å². The molecule has 0 aliphatic rings.